The third-order valence-corrected chi connectivity index (χ3v) is 3.21. The summed E-state index contributed by atoms with van der Waals surface area (Å²) in [6, 6.07) is 11.7. The third kappa shape index (κ3) is 5.50. The fraction of sp³-hybridized carbons (Fsp3) is 0.125. The summed E-state index contributed by atoms with van der Waals surface area (Å²) in [5.74, 6) is -0.293. The normalized spacial score (nSPS) is 9.92. The number of hydrogen-bond acceptors (Lipinski definition) is 5. The predicted molar refractivity (Wildman–Crippen MR) is 93.6 cm³/mol. The van der Waals surface area contributed by atoms with E-state index in [0.29, 0.717) is 30.0 Å². The summed E-state index contributed by atoms with van der Waals surface area (Å²) in [6.45, 7) is 0.798. The molecule has 0 aromatic heterocycles. The summed E-state index contributed by atoms with van der Waals surface area (Å²) < 4.78 is 0. The van der Waals surface area contributed by atoms with Crippen LogP contribution in [0.4, 0.5) is 21.9 Å². The van der Waals surface area contributed by atoms with Gasteiger partial charge < -0.3 is 21.7 Å². The Kier molecular flexibility index (Phi) is 5.88. The highest BCUT2D eigenvalue weighted by atomic mass is 16.6. The van der Waals surface area contributed by atoms with Gasteiger partial charge in [-0.25, -0.2) is 4.79 Å². The van der Waals surface area contributed by atoms with Crippen LogP contribution in [0.5, 0.6) is 0 Å². The number of nitrogens with two attached hydrogens (primary N) is 1. The minimum absolute atomic E-state index is 0.0169. The zero-order valence-electron chi connectivity index (χ0n) is 13.2. The second-order valence-electron chi connectivity index (χ2n) is 5.06. The highest BCUT2D eigenvalue weighted by Crippen LogP contribution is 2.15. The lowest BCUT2D eigenvalue weighted by molar-refractivity contribution is -0.384. The summed E-state index contributed by atoms with van der Waals surface area (Å²) in [5, 5.41) is 18.7. The Labute approximate surface area is 143 Å². The van der Waals surface area contributed by atoms with Crippen LogP contribution in [0.25, 0.3) is 0 Å². The first-order valence-electron chi connectivity index (χ1n) is 7.39. The summed E-state index contributed by atoms with van der Waals surface area (Å²) in [6.07, 6.45) is 0. The quantitative estimate of drug-likeness (QED) is 0.345. The van der Waals surface area contributed by atoms with Crippen LogP contribution in [0.3, 0.4) is 0 Å². The topological polar surface area (TPSA) is 139 Å². The molecule has 0 unspecified atom stereocenters. The third-order valence-electron chi connectivity index (χ3n) is 3.21. The number of nitro benzene ring substituents is 1. The van der Waals surface area contributed by atoms with E-state index in [9.17, 15) is 19.7 Å². The van der Waals surface area contributed by atoms with Gasteiger partial charge in [0.05, 0.1) is 4.92 Å². The van der Waals surface area contributed by atoms with Gasteiger partial charge in [0.25, 0.3) is 11.6 Å². The Morgan fingerprint density at radius 1 is 1.04 bits per heavy atom. The van der Waals surface area contributed by atoms with Gasteiger partial charge in [-0.15, -0.1) is 0 Å². The number of nitro groups is 1. The van der Waals surface area contributed by atoms with E-state index in [-0.39, 0.29) is 11.6 Å². The van der Waals surface area contributed by atoms with Crippen molar-refractivity contribution in [2.75, 3.05) is 23.7 Å². The number of carbonyl (C=O) groups excluding carboxylic acids is 2. The van der Waals surface area contributed by atoms with Gasteiger partial charge in [0, 0.05) is 42.2 Å². The van der Waals surface area contributed by atoms with Gasteiger partial charge in [-0.3, -0.25) is 14.9 Å². The molecule has 0 aliphatic heterocycles. The first-order chi connectivity index (χ1) is 12.0. The molecule has 2 rings (SSSR count). The van der Waals surface area contributed by atoms with E-state index in [2.05, 4.69) is 16.0 Å². The number of hydrogen-bond donors (Lipinski definition) is 4. The minimum atomic E-state index is -0.704. The molecule has 0 fully saturated rings. The van der Waals surface area contributed by atoms with Gasteiger partial charge in [0.1, 0.15) is 0 Å². The lowest BCUT2D eigenvalue weighted by Crippen LogP contribution is -2.29. The number of nitrogens with one attached hydrogen (secondary N) is 3. The van der Waals surface area contributed by atoms with Gasteiger partial charge in [-0.05, 0) is 30.3 Å². The Hall–Kier alpha value is -3.62. The maximum absolute atomic E-state index is 12.1. The molecular weight excluding hydrogens is 326 g/mol. The standard InChI is InChI=1S/C16H17N5O4/c17-16(23)20-13-3-1-2-11(10-13)15(22)19-9-8-18-12-4-6-14(7-5-12)21(24)25/h1-7,10,18H,8-9H2,(H,19,22)(H3,17,20,23). The highest BCUT2D eigenvalue weighted by molar-refractivity contribution is 5.96. The van der Waals surface area contributed by atoms with Crippen LogP contribution in [0.1, 0.15) is 10.4 Å². The average molecular weight is 343 g/mol. The summed E-state index contributed by atoms with van der Waals surface area (Å²) in [7, 11) is 0. The van der Waals surface area contributed by atoms with Crippen LogP contribution < -0.4 is 21.7 Å². The summed E-state index contributed by atoms with van der Waals surface area (Å²) in [4.78, 5) is 33.0. The molecule has 0 heterocycles. The van der Waals surface area contributed by atoms with Crippen LogP contribution in [-0.4, -0.2) is 30.0 Å². The number of primary amides is 1. The van der Waals surface area contributed by atoms with Crippen molar-refractivity contribution in [1.82, 2.24) is 5.32 Å². The van der Waals surface area contributed by atoms with Crippen LogP contribution in [0.2, 0.25) is 0 Å². The lowest BCUT2D eigenvalue weighted by Gasteiger charge is -2.09. The van der Waals surface area contributed by atoms with Crippen LogP contribution >= 0.6 is 0 Å². The molecule has 0 aliphatic carbocycles. The van der Waals surface area contributed by atoms with Crippen molar-refractivity contribution < 1.29 is 14.5 Å². The maximum Gasteiger partial charge on any atom is 0.316 e. The van der Waals surface area contributed by atoms with Gasteiger partial charge in [-0.1, -0.05) is 6.07 Å². The Morgan fingerprint density at radius 2 is 1.76 bits per heavy atom. The molecule has 130 valence electrons. The molecule has 0 radical (unpaired) electrons. The van der Waals surface area contributed by atoms with Crippen molar-refractivity contribution in [1.29, 1.82) is 0 Å². The van der Waals surface area contributed by atoms with Crippen molar-refractivity contribution in [2.24, 2.45) is 5.73 Å². The number of rotatable bonds is 7. The van der Waals surface area contributed by atoms with E-state index in [1.54, 1.807) is 30.3 Å². The lowest BCUT2D eigenvalue weighted by atomic mass is 10.2. The maximum atomic E-state index is 12.1. The zero-order valence-corrected chi connectivity index (χ0v) is 13.2. The number of benzene rings is 2. The van der Waals surface area contributed by atoms with E-state index in [1.165, 1.54) is 18.2 Å². The van der Waals surface area contributed by atoms with Gasteiger partial charge in [0.15, 0.2) is 0 Å². The van der Waals surface area contributed by atoms with Crippen LogP contribution in [0.15, 0.2) is 48.5 Å². The number of carbonyl (C=O) groups is 2. The molecule has 2 aromatic carbocycles. The van der Waals surface area contributed by atoms with Crippen molar-refractivity contribution in [3.8, 4) is 0 Å². The van der Waals surface area contributed by atoms with E-state index in [1.807, 2.05) is 0 Å². The molecule has 0 saturated carbocycles. The Bertz CT molecular complexity index is 776. The minimum Gasteiger partial charge on any atom is -0.383 e. The van der Waals surface area contributed by atoms with E-state index in [4.69, 9.17) is 5.73 Å². The predicted octanol–water partition coefficient (Wildman–Crippen LogP) is 1.93. The number of non-ortho nitro benzene ring substituents is 1. The van der Waals surface area contributed by atoms with Crippen molar-refractivity contribution >= 4 is 29.0 Å². The molecule has 5 N–H and O–H groups in total. The van der Waals surface area contributed by atoms with Crippen molar-refractivity contribution in [3.63, 3.8) is 0 Å². The number of urea groups is 1. The number of amides is 3. The molecule has 9 heteroatoms. The van der Waals surface area contributed by atoms with E-state index in [0.717, 1.165) is 0 Å². The molecule has 0 bridgehead atoms. The van der Waals surface area contributed by atoms with Crippen LogP contribution in [0, 0.1) is 10.1 Å². The van der Waals surface area contributed by atoms with Gasteiger partial charge in [-0.2, -0.15) is 0 Å². The van der Waals surface area contributed by atoms with E-state index >= 15 is 0 Å². The Morgan fingerprint density at radius 3 is 2.40 bits per heavy atom. The molecule has 25 heavy (non-hydrogen) atoms. The average Bonchev–Trinajstić information content (AvgIpc) is 2.58. The molecule has 0 aliphatic rings. The molecule has 3 amide bonds. The molecule has 0 atom stereocenters. The largest absolute Gasteiger partial charge is 0.383 e. The van der Waals surface area contributed by atoms with E-state index < -0.39 is 11.0 Å². The first-order valence-corrected chi connectivity index (χ1v) is 7.39. The first kappa shape index (κ1) is 17.7. The summed E-state index contributed by atoms with van der Waals surface area (Å²) in [5.41, 5.74) is 6.59. The smallest absolute Gasteiger partial charge is 0.316 e. The van der Waals surface area contributed by atoms with Gasteiger partial charge in [0.2, 0.25) is 0 Å². The fourth-order valence-electron chi connectivity index (χ4n) is 2.07. The Balaban J connectivity index is 1.80. The van der Waals surface area contributed by atoms with Crippen molar-refractivity contribution in [3.05, 3.63) is 64.2 Å². The monoisotopic (exact) mass is 343 g/mol. The highest BCUT2D eigenvalue weighted by Gasteiger charge is 2.07. The summed E-state index contributed by atoms with van der Waals surface area (Å²) >= 11 is 0. The second-order valence-corrected chi connectivity index (χ2v) is 5.06. The number of anilines is 2. The molecule has 2 aromatic rings. The van der Waals surface area contributed by atoms with Gasteiger partial charge >= 0.3 is 6.03 Å². The number of nitrogens with zero attached hydrogens (tertiary/aromatic N) is 1. The molecule has 9 nitrogen and oxygen atoms in total. The SMILES string of the molecule is NC(=O)Nc1cccc(C(=O)NCCNc2ccc([N+](=O)[O-])cc2)c1. The molecule has 0 saturated heterocycles. The second kappa shape index (κ2) is 8.29. The van der Waals surface area contributed by atoms with Crippen molar-refractivity contribution in [2.45, 2.75) is 0 Å². The fourth-order valence-corrected chi connectivity index (χ4v) is 2.07. The zero-order chi connectivity index (χ0) is 18.2. The van der Waals surface area contributed by atoms with Crippen LogP contribution in [-0.2, 0) is 0 Å². The molecular formula is C16H17N5O4. The molecule has 0 spiro atoms.